The lowest BCUT2D eigenvalue weighted by atomic mass is 10.3. The van der Waals surface area contributed by atoms with E-state index in [0.29, 0.717) is 5.56 Å². The zero-order valence-electron chi connectivity index (χ0n) is 5.87. The molecule has 0 amide bonds. The van der Waals surface area contributed by atoms with Crippen LogP contribution in [0.3, 0.4) is 0 Å². The van der Waals surface area contributed by atoms with Crippen LogP contribution in [0.1, 0.15) is 5.56 Å². The Labute approximate surface area is 67.2 Å². The van der Waals surface area contributed by atoms with Gasteiger partial charge in [0, 0.05) is 12.3 Å². The first kappa shape index (κ1) is 8.40. The van der Waals surface area contributed by atoms with Gasteiger partial charge in [-0.25, -0.2) is 4.98 Å². The number of halogens is 2. The minimum absolute atomic E-state index is 0.191. The molecule has 0 aromatic carbocycles. The molecule has 3 nitrogen and oxygen atoms in total. The molecule has 1 aromatic heterocycles. The zero-order valence-corrected chi connectivity index (χ0v) is 5.87. The standard InChI is InChI=1S/C7H4F2N2O/c8-7(9)12-6-2-1-5(3-10)4-11-6/h1-2,4,7H. The Bertz CT molecular complexity index is 291. The van der Waals surface area contributed by atoms with Gasteiger partial charge in [-0.15, -0.1) is 0 Å². The third kappa shape index (κ3) is 2.16. The molecule has 0 bridgehead atoms. The van der Waals surface area contributed by atoms with Crippen molar-refractivity contribution in [3.05, 3.63) is 23.9 Å². The molecule has 1 rings (SSSR count). The molecule has 5 heteroatoms. The maximum Gasteiger partial charge on any atom is 0.388 e. The summed E-state index contributed by atoms with van der Waals surface area (Å²) in [7, 11) is 0. The molecule has 0 saturated heterocycles. The van der Waals surface area contributed by atoms with Gasteiger partial charge in [0.25, 0.3) is 0 Å². The van der Waals surface area contributed by atoms with Crippen LogP contribution in [0.15, 0.2) is 18.3 Å². The largest absolute Gasteiger partial charge is 0.417 e. The summed E-state index contributed by atoms with van der Waals surface area (Å²) >= 11 is 0. The van der Waals surface area contributed by atoms with Crippen molar-refractivity contribution < 1.29 is 13.5 Å². The summed E-state index contributed by atoms with van der Waals surface area (Å²) in [6.45, 7) is -2.88. The molecule has 0 N–H and O–H groups in total. The van der Waals surface area contributed by atoms with Crippen molar-refractivity contribution in [3.63, 3.8) is 0 Å². The lowest BCUT2D eigenvalue weighted by Crippen LogP contribution is -2.03. The summed E-state index contributed by atoms with van der Waals surface area (Å²) in [6.07, 6.45) is 1.16. The van der Waals surface area contributed by atoms with Gasteiger partial charge in [0.15, 0.2) is 0 Å². The highest BCUT2D eigenvalue weighted by molar-refractivity contribution is 5.28. The van der Waals surface area contributed by atoms with Crippen LogP contribution in [0.5, 0.6) is 5.88 Å². The quantitative estimate of drug-likeness (QED) is 0.676. The van der Waals surface area contributed by atoms with Crippen LogP contribution in [-0.4, -0.2) is 11.6 Å². The first-order valence-corrected chi connectivity index (χ1v) is 3.03. The number of aromatic nitrogens is 1. The van der Waals surface area contributed by atoms with E-state index in [0.717, 1.165) is 6.20 Å². The van der Waals surface area contributed by atoms with E-state index in [1.165, 1.54) is 12.1 Å². The Kier molecular flexibility index (Phi) is 2.53. The van der Waals surface area contributed by atoms with Gasteiger partial charge >= 0.3 is 6.61 Å². The van der Waals surface area contributed by atoms with Gasteiger partial charge in [0.05, 0.1) is 5.56 Å². The van der Waals surface area contributed by atoms with Crippen molar-refractivity contribution in [1.82, 2.24) is 4.98 Å². The van der Waals surface area contributed by atoms with E-state index in [1.807, 2.05) is 0 Å². The van der Waals surface area contributed by atoms with E-state index in [1.54, 1.807) is 6.07 Å². The molecule has 62 valence electrons. The van der Waals surface area contributed by atoms with Crippen LogP contribution in [-0.2, 0) is 0 Å². The fourth-order valence-electron chi connectivity index (χ4n) is 0.607. The van der Waals surface area contributed by atoms with Gasteiger partial charge in [-0.05, 0) is 6.07 Å². The van der Waals surface area contributed by atoms with Crippen LogP contribution < -0.4 is 4.74 Å². The number of ether oxygens (including phenoxy) is 1. The fraction of sp³-hybridized carbons (Fsp3) is 0.143. The molecule has 12 heavy (non-hydrogen) atoms. The predicted molar refractivity (Wildman–Crippen MR) is 35.6 cm³/mol. The van der Waals surface area contributed by atoms with Crippen LogP contribution in [0.2, 0.25) is 0 Å². The first-order chi connectivity index (χ1) is 5.72. The van der Waals surface area contributed by atoms with Gasteiger partial charge in [-0.1, -0.05) is 0 Å². The summed E-state index contributed by atoms with van der Waals surface area (Å²) < 4.78 is 27.1. The Morgan fingerprint density at radius 2 is 2.25 bits per heavy atom. The highest BCUT2D eigenvalue weighted by Crippen LogP contribution is 2.09. The van der Waals surface area contributed by atoms with E-state index >= 15 is 0 Å². The summed E-state index contributed by atoms with van der Waals surface area (Å²) in [4.78, 5) is 3.46. The van der Waals surface area contributed by atoms with E-state index in [9.17, 15) is 8.78 Å². The Morgan fingerprint density at radius 1 is 1.50 bits per heavy atom. The second kappa shape index (κ2) is 3.62. The topological polar surface area (TPSA) is 45.9 Å². The normalized spacial score (nSPS) is 9.50. The SMILES string of the molecule is N#Cc1ccc(OC(F)F)nc1. The average Bonchev–Trinajstić information content (AvgIpc) is 2.05. The fourth-order valence-corrected chi connectivity index (χ4v) is 0.607. The highest BCUT2D eigenvalue weighted by Gasteiger charge is 2.04. The van der Waals surface area contributed by atoms with E-state index in [-0.39, 0.29) is 5.88 Å². The number of alkyl halides is 2. The Hall–Kier alpha value is -1.70. The van der Waals surface area contributed by atoms with Gasteiger partial charge < -0.3 is 4.74 Å². The van der Waals surface area contributed by atoms with Gasteiger partial charge in [-0.3, -0.25) is 0 Å². The Balaban J connectivity index is 2.73. The molecule has 0 aliphatic heterocycles. The average molecular weight is 170 g/mol. The maximum atomic E-state index is 11.6. The summed E-state index contributed by atoms with van der Waals surface area (Å²) in [5.41, 5.74) is 0.302. The molecule has 0 unspecified atom stereocenters. The number of hydrogen-bond acceptors (Lipinski definition) is 3. The lowest BCUT2D eigenvalue weighted by Gasteiger charge is -2.01. The van der Waals surface area contributed by atoms with E-state index < -0.39 is 6.61 Å². The van der Waals surface area contributed by atoms with Crippen molar-refractivity contribution in [2.24, 2.45) is 0 Å². The molecule has 1 heterocycles. The van der Waals surface area contributed by atoms with Gasteiger partial charge in [0.1, 0.15) is 6.07 Å². The second-order valence-electron chi connectivity index (χ2n) is 1.88. The number of pyridine rings is 1. The van der Waals surface area contributed by atoms with Gasteiger partial charge in [0.2, 0.25) is 5.88 Å². The minimum atomic E-state index is -2.88. The molecule has 0 aliphatic carbocycles. The molecule has 1 aromatic rings. The predicted octanol–water partition coefficient (Wildman–Crippen LogP) is 1.55. The van der Waals surface area contributed by atoms with Crippen LogP contribution in [0.4, 0.5) is 8.78 Å². The van der Waals surface area contributed by atoms with Crippen molar-refractivity contribution in [1.29, 1.82) is 5.26 Å². The highest BCUT2D eigenvalue weighted by atomic mass is 19.3. The van der Waals surface area contributed by atoms with Crippen LogP contribution >= 0.6 is 0 Å². The number of nitrogens with zero attached hydrogens (tertiary/aromatic N) is 2. The van der Waals surface area contributed by atoms with Crippen molar-refractivity contribution >= 4 is 0 Å². The third-order valence-electron chi connectivity index (χ3n) is 1.08. The van der Waals surface area contributed by atoms with Crippen LogP contribution in [0, 0.1) is 11.3 Å². The van der Waals surface area contributed by atoms with Gasteiger partial charge in [-0.2, -0.15) is 14.0 Å². The molecule has 0 aliphatic rings. The summed E-state index contributed by atoms with van der Waals surface area (Å²) in [5, 5.41) is 8.33. The van der Waals surface area contributed by atoms with Crippen molar-refractivity contribution in [3.8, 4) is 11.9 Å². The lowest BCUT2D eigenvalue weighted by molar-refractivity contribution is -0.0528. The molecule has 0 spiro atoms. The van der Waals surface area contributed by atoms with E-state index in [4.69, 9.17) is 5.26 Å². The second-order valence-corrected chi connectivity index (χ2v) is 1.88. The maximum absolute atomic E-state index is 11.6. The smallest absolute Gasteiger partial charge is 0.388 e. The van der Waals surface area contributed by atoms with Crippen molar-refractivity contribution in [2.75, 3.05) is 0 Å². The zero-order chi connectivity index (χ0) is 8.97. The monoisotopic (exact) mass is 170 g/mol. The number of nitriles is 1. The number of rotatable bonds is 2. The summed E-state index contributed by atoms with van der Waals surface area (Å²) in [5.74, 6) is -0.191. The number of hydrogen-bond donors (Lipinski definition) is 0. The minimum Gasteiger partial charge on any atom is -0.417 e. The van der Waals surface area contributed by atoms with Crippen LogP contribution in [0.25, 0.3) is 0 Å². The Morgan fingerprint density at radius 3 is 2.67 bits per heavy atom. The molecule has 0 saturated carbocycles. The molecule has 0 radical (unpaired) electrons. The van der Waals surface area contributed by atoms with Crippen molar-refractivity contribution in [2.45, 2.75) is 6.61 Å². The molecular formula is C7H4F2N2O. The molecular weight excluding hydrogens is 166 g/mol. The molecule has 0 fully saturated rings. The molecule has 0 atom stereocenters. The first-order valence-electron chi connectivity index (χ1n) is 3.03. The van der Waals surface area contributed by atoms with E-state index in [2.05, 4.69) is 9.72 Å². The third-order valence-corrected chi connectivity index (χ3v) is 1.08. The summed E-state index contributed by atoms with van der Waals surface area (Å²) in [6, 6.07) is 4.37.